The summed E-state index contributed by atoms with van der Waals surface area (Å²) in [5.74, 6) is 0.0981. The molecule has 0 saturated carbocycles. The Hall–Kier alpha value is -0.830. The van der Waals surface area contributed by atoms with Gasteiger partial charge in [0.05, 0.1) is 6.61 Å². The molecule has 3 heteroatoms. The van der Waals surface area contributed by atoms with E-state index in [1.165, 1.54) is 5.56 Å². The summed E-state index contributed by atoms with van der Waals surface area (Å²) in [7, 11) is 0. The zero-order valence-corrected chi connectivity index (χ0v) is 12.2. The average Bonchev–Trinajstić information content (AvgIpc) is 2.39. The fraction of sp³-hybridized carbons (Fsp3) is 0.200. The van der Waals surface area contributed by atoms with E-state index in [-0.39, 0.29) is 12.5 Å². The summed E-state index contributed by atoms with van der Waals surface area (Å²) in [6.45, 7) is 0.128. The fourth-order valence-corrected chi connectivity index (χ4v) is 2.52. The molecule has 18 heavy (non-hydrogen) atoms. The van der Waals surface area contributed by atoms with Gasteiger partial charge in [0.2, 0.25) is 0 Å². The lowest BCUT2D eigenvalue weighted by Gasteiger charge is -2.15. The second-order valence-electron chi connectivity index (χ2n) is 4.23. The van der Waals surface area contributed by atoms with Crippen LogP contribution in [-0.2, 0) is 6.42 Å². The standard InChI is InChI=1S/C15H14BrClO/c16-15-4-2-1-3-12(15)9-13(10-18)11-5-7-14(17)8-6-11/h1-8,13,18H,9-10H2. The van der Waals surface area contributed by atoms with Gasteiger partial charge in [-0.05, 0) is 35.7 Å². The van der Waals surface area contributed by atoms with E-state index in [1.807, 2.05) is 42.5 Å². The van der Waals surface area contributed by atoms with Crippen molar-refractivity contribution in [2.24, 2.45) is 0 Å². The molecule has 1 unspecified atom stereocenters. The molecule has 0 amide bonds. The molecule has 1 N–H and O–H groups in total. The van der Waals surface area contributed by atoms with Crippen LogP contribution in [0.4, 0.5) is 0 Å². The van der Waals surface area contributed by atoms with Gasteiger partial charge in [0.15, 0.2) is 0 Å². The Bertz CT molecular complexity index is 510. The minimum Gasteiger partial charge on any atom is -0.396 e. The molecule has 0 aliphatic rings. The molecule has 0 aromatic heterocycles. The first-order valence-electron chi connectivity index (χ1n) is 5.80. The topological polar surface area (TPSA) is 20.2 Å². The molecule has 2 aromatic carbocycles. The van der Waals surface area contributed by atoms with Crippen LogP contribution in [-0.4, -0.2) is 11.7 Å². The van der Waals surface area contributed by atoms with Crippen molar-refractivity contribution in [1.29, 1.82) is 0 Å². The highest BCUT2D eigenvalue weighted by Crippen LogP contribution is 2.26. The lowest BCUT2D eigenvalue weighted by atomic mass is 9.93. The first kappa shape index (κ1) is 13.6. The minimum absolute atomic E-state index is 0.0981. The summed E-state index contributed by atoms with van der Waals surface area (Å²) in [4.78, 5) is 0. The number of halogens is 2. The van der Waals surface area contributed by atoms with Crippen molar-refractivity contribution in [3.8, 4) is 0 Å². The lowest BCUT2D eigenvalue weighted by Crippen LogP contribution is -2.08. The van der Waals surface area contributed by atoms with Crippen molar-refractivity contribution in [3.63, 3.8) is 0 Å². The largest absolute Gasteiger partial charge is 0.396 e. The third kappa shape index (κ3) is 3.35. The van der Waals surface area contributed by atoms with Gasteiger partial charge in [-0.2, -0.15) is 0 Å². The number of rotatable bonds is 4. The van der Waals surface area contributed by atoms with E-state index in [9.17, 15) is 5.11 Å². The molecule has 0 radical (unpaired) electrons. The predicted octanol–water partition coefficient (Wildman–Crippen LogP) is 4.42. The van der Waals surface area contributed by atoms with Crippen LogP contribution in [0, 0.1) is 0 Å². The molecule has 0 fully saturated rings. The van der Waals surface area contributed by atoms with E-state index in [2.05, 4.69) is 22.0 Å². The summed E-state index contributed by atoms with van der Waals surface area (Å²) < 4.78 is 1.08. The first-order chi connectivity index (χ1) is 8.70. The monoisotopic (exact) mass is 324 g/mol. The van der Waals surface area contributed by atoms with E-state index in [0.29, 0.717) is 0 Å². The zero-order valence-electron chi connectivity index (χ0n) is 9.81. The summed E-state index contributed by atoms with van der Waals surface area (Å²) >= 11 is 9.41. The summed E-state index contributed by atoms with van der Waals surface area (Å²) in [6, 6.07) is 15.8. The maximum atomic E-state index is 9.55. The van der Waals surface area contributed by atoms with Crippen LogP contribution in [0.3, 0.4) is 0 Å². The van der Waals surface area contributed by atoms with Crippen LogP contribution in [0.2, 0.25) is 5.02 Å². The molecule has 94 valence electrons. The second-order valence-corrected chi connectivity index (χ2v) is 5.52. The number of aliphatic hydroxyl groups excluding tert-OH is 1. The van der Waals surface area contributed by atoms with E-state index in [4.69, 9.17) is 11.6 Å². The molecule has 0 aliphatic carbocycles. The van der Waals surface area contributed by atoms with Gasteiger partial charge >= 0.3 is 0 Å². The molecule has 0 bridgehead atoms. The molecule has 1 nitrogen and oxygen atoms in total. The molecule has 2 rings (SSSR count). The van der Waals surface area contributed by atoms with Gasteiger partial charge in [-0.3, -0.25) is 0 Å². The smallest absolute Gasteiger partial charge is 0.0502 e. The second kappa shape index (κ2) is 6.37. The predicted molar refractivity (Wildman–Crippen MR) is 79.1 cm³/mol. The van der Waals surface area contributed by atoms with Gasteiger partial charge in [-0.1, -0.05) is 57.9 Å². The molecular weight excluding hydrogens is 312 g/mol. The highest BCUT2D eigenvalue weighted by atomic mass is 79.9. The van der Waals surface area contributed by atoms with E-state index < -0.39 is 0 Å². The molecule has 1 atom stereocenters. The van der Waals surface area contributed by atoms with Crippen molar-refractivity contribution in [3.05, 3.63) is 69.2 Å². The summed E-state index contributed by atoms with van der Waals surface area (Å²) in [6.07, 6.45) is 0.805. The van der Waals surface area contributed by atoms with Gasteiger partial charge in [0, 0.05) is 15.4 Å². The zero-order chi connectivity index (χ0) is 13.0. The molecule has 0 saturated heterocycles. The van der Waals surface area contributed by atoms with E-state index in [1.54, 1.807) is 0 Å². The van der Waals surface area contributed by atoms with Crippen LogP contribution in [0.15, 0.2) is 53.0 Å². The van der Waals surface area contributed by atoms with Gasteiger partial charge in [0.25, 0.3) is 0 Å². The highest BCUT2D eigenvalue weighted by Gasteiger charge is 2.12. The first-order valence-corrected chi connectivity index (χ1v) is 6.97. The molecular formula is C15H14BrClO. The Balaban J connectivity index is 2.20. The number of hydrogen-bond acceptors (Lipinski definition) is 1. The quantitative estimate of drug-likeness (QED) is 0.882. The van der Waals surface area contributed by atoms with Crippen molar-refractivity contribution in [1.82, 2.24) is 0 Å². The summed E-state index contributed by atoms with van der Waals surface area (Å²) in [5.41, 5.74) is 2.31. The Morgan fingerprint density at radius 2 is 1.72 bits per heavy atom. The Labute approximate surface area is 121 Å². The molecule has 0 aliphatic heterocycles. The third-order valence-corrected chi connectivity index (χ3v) is 4.01. The minimum atomic E-state index is 0.0981. The van der Waals surface area contributed by atoms with Crippen molar-refractivity contribution >= 4 is 27.5 Å². The lowest BCUT2D eigenvalue weighted by molar-refractivity contribution is 0.264. The Morgan fingerprint density at radius 3 is 2.33 bits per heavy atom. The summed E-state index contributed by atoms with van der Waals surface area (Å²) in [5, 5.41) is 10.3. The van der Waals surface area contributed by atoms with Crippen LogP contribution in [0.5, 0.6) is 0 Å². The van der Waals surface area contributed by atoms with Crippen LogP contribution in [0.1, 0.15) is 17.0 Å². The van der Waals surface area contributed by atoms with E-state index >= 15 is 0 Å². The number of aliphatic hydroxyl groups is 1. The number of hydrogen-bond donors (Lipinski definition) is 1. The van der Waals surface area contributed by atoms with E-state index in [0.717, 1.165) is 21.5 Å². The normalized spacial score (nSPS) is 12.4. The Kier molecular flexibility index (Phi) is 4.81. The average molecular weight is 326 g/mol. The van der Waals surface area contributed by atoms with Gasteiger partial charge in [0.1, 0.15) is 0 Å². The third-order valence-electron chi connectivity index (χ3n) is 2.99. The SMILES string of the molecule is OCC(Cc1ccccc1Br)c1ccc(Cl)cc1. The fourth-order valence-electron chi connectivity index (χ4n) is 1.95. The van der Waals surface area contributed by atoms with Crippen LogP contribution < -0.4 is 0 Å². The van der Waals surface area contributed by atoms with Crippen molar-refractivity contribution < 1.29 is 5.11 Å². The van der Waals surface area contributed by atoms with Crippen molar-refractivity contribution in [2.75, 3.05) is 6.61 Å². The van der Waals surface area contributed by atoms with Gasteiger partial charge in [-0.15, -0.1) is 0 Å². The molecule has 2 aromatic rings. The number of benzene rings is 2. The molecule has 0 spiro atoms. The van der Waals surface area contributed by atoms with Gasteiger partial charge < -0.3 is 5.11 Å². The van der Waals surface area contributed by atoms with Gasteiger partial charge in [-0.25, -0.2) is 0 Å². The maximum Gasteiger partial charge on any atom is 0.0502 e. The Morgan fingerprint density at radius 1 is 1.06 bits per heavy atom. The maximum absolute atomic E-state index is 9.55. The van der Waals surface area contributed by atoms with Crippen LogP contribution in [0.25, 0.3) is 0 Å². The van der Waals surface area contributed by atoms with Crippen LogP contribution >= 0.6 is 27.5 Å². The van der Waals surface area contributed by atoms with Crippen molar-refractivity contribution in [2.45, 2.75) is 12.3 Å². The highest BCUT2D eigenvalue weighted by molar-refractivity contribution is 9.10. The molecule has 0 heterocycles.